The highest BCUT2D eigenvalue weighted by Crippen LogP contribution is 2.33. The molecule has 0 heterocycles. The fourth-order valence-corrected chi connectivity index (χ4v) is 3.89. The van der Waals surface area contributed by atoms with Gasteiger partial charge < -0.3 is 5.73 Å². The molecule has 0 aliphatic heterocycles. The van der Waals surface area contributed by atoms with Gasteiger partial charge in [-0.3, -0.25) is 0 Å². The molecule has 0 aromatic heterocycles. The summed E-state index contributed by atoms with van der Waals surface area (Å²) in [6.45, 7) is 7.32. The summed E-state index contributed by atoms with van der Waals surface area (Å²) in [5.41, 5.74) is 5.70. The van der Waals surface area contributed by atoms with E-state index in [9.17, 15) is 0 Å². The van der Waals surface area contributed by atoms with E-state index >= 15 is 0 Å². The molecule has 0 amide bonds. The number of nitrogens with two attached hydrogens (primary N) is 1. The van der Waals surface area contributed by atoms with Crippen molar-refractivity contribution in [3.05, 3.63) is 0 Å². The molecule has 0 unspecified atom stereocenters. The maximum atomic E-state index is 5.70. The van der Waals surface area contributed by atoms with Crippen molar-refractivity contribution < 1.29 is 0 Å². The van der Waals surface area contributed by atoms with Crippen LogP contribution in [0.3, 0.4) is 0 Å². The zero-order chi connectivity index (χ0) is 7.78. The fraction of sp³-hybridized carbons (Fsp3) is 1.00. The summed E-state index contributed by atoms with van der Waals surface area (Å²) >= 11 is 0. The summed E-state index contributed by atoms with van der Waals surface area (Å²) in [5, 5.41) is 0. The molecule has 1 saturated carbocycles. The molecule has 2 N–H and O–H groups in total. The second-order valence-electron chi connectivity index (χ2n) is 4.86. The Morgan fingerprint density at radius 3 is 2.00 bits per heavy atom. The Morgan fingerprint density at radius 2 is 1.73 bits per heavy atom. The third-order valence-corrected chi connectivity index (χ3v) is 3.98. The van der Waals surface area contributed by atoms with Crippen molar-refractivity contribution in [3.8, 4) is 0 Å². The van der Waals surface area contributed by atoms with Crippen LogP contribution in [0.25, 0.3) is 0 Å². The van der Waals surface area contributed by atoms with Gasteiger partial charge in [0.25, 0.3) is 0 Å². The van der Waals surface area contributed by atoms with Crippen LogP contribution in [-0.4, -0.2) is 14.1 Å². The average Bonchev–Trinajstić information content (AvgIpc) is 1.57. The van der Waals surface area contributed by atoms with E-state index < -0.39 is 8.07 Å². The Bertz CT molecular complexity index is 116. The van der Waals surface area contributed by atoms with E-state index in [1.54, 1.807) is 0 Å². The minimum absolute atomic E-state index is 0. The van der Waals surface area contributed by atoms with Crippen LogP contribution in [0.4, 0.5) is 0 Å². The number of hydrogen-bond donors (Lipinski definition) is 1. The largest absolute Gasteiger partial charge is 0.328 e. The molecular weight excluding hydrogens is 174 g/mol. The number of hydrogen-bond acceptors (Lipinski definition) is 1. The van der Waals surface area contributed by atoms with Crippen molar-refractivity contribution in [1.82, 2.24) is 0 Å². The summed E-state index contributed by atoms with van der Waals surface area (Å²) in [7, 11) is -0.775. The van der Waals surface area contributed by atoms with Gasteiger partial charge in [0, 0.05) is 14.1 Å². The van der Waals surface area contributed by atoms with E-state index in [4.69, 9.17) is 5.73 Å². The van der Waals surface area contributed by atoms with Crippen molar-refractivity contribution in [2.45, 2.75) is 44.6 Å². The van der Waals surface area contributed by atoms with Crippen LogP contribution in [-0.2, 0) is 0 Å². The first-order valence-corrected chi connectivity index (χ1v) is 7.94. The van der Waals surface area contributed by atoms with Crippen LogP contribution in [0.2, 0.25) is 25.7 Å². The fourth-order valence-electron chi connectivity index (χ4n) is 1.82. The highest BCUT2D eigenvalue weighted by molar-refractivity contribution is 6.76. The van der Waals surface area contributed by atoms with E-state index in [2.05, 4.69) is 19.6 Å². The molecule has 0 saturated heterocycles. The molecular formula is C8H20ClNSi. The topological polar surface area (TPSA) is 26.0 Å². The normalized spacial score (nSPS) is 30.5. The second kappa shape index (κ2) is 3.92. The van der Waals surface area contributed by atoms with Gasteiger partial charge in [0.2, 0.25) is 0 Å². The third-order valence-electron chi connectivity index (χ3n) is 2.17. The number of halogens is 1. The number of rotatable bonds is 2. The van der Waals surface area contributed by atoms with Crippen LogP contribution in [0.1, 0.15) is 12.8 Å². The quantitative estimate of drug-likeness (QED) is 0.671. The first-order valence-electron chi connectivity index (χ1n) is 4.23. The molecule has 68 valence electrons. The van der Waals surface area contributed by atoms with Crippen LogP contribution in [0, 0.1) is 5.92 Å². The highest BCUT2D eigenvalue weighted by Gasteiger charge is 2.29. The van der Waals surface area contributed by atoms with Gasteiger partial charge in [-0.15, -0.1) is 12.4 Å². The summed E-state index contributed by atoms with van der Waals surface area (Å²) < 4.78 is 0. The SMILES string of the molecule is C[Si](C)(C)CC1CC(N)C1.Cl. The van der Waals surface area contributed by atoms with Gasteiger partial charge in [0.05, 0.1) is 0 Å². The minimum Gasteiger partial charge on any atom is -0.328 e. The molecule has 3 heteroatoms. The lowest BCUT2D eigenvalue weighted by Gasteiger charge is -2.36. The summed E-state index contributed by atoms with van der Waals surface area (Å²) in [6, 6.07) is 2.03. The van der Waals surface area contributed by atoms with Crippen LogP contribution in [0.15, 0.2) is 0 Å². The average molecular weight is 194 g/mol. The summed E-state index contributed by atoms with van der Waals surface area (Å²) in [4.78, 5) is 0. The van der Waals surface area contributed by atoms with Crippen molar-refractivity contribution >= 4 is 20.5 Å². The molecule has 0 atom stereocenters. The predicted octanol–water partition coefficient (Wildman–Crippen LogP) is 2.48. The van der Waals surface area contributed by atoms with Gasteiger partial charge in [-0.25, -0.2) is 0 Å². The molecule has 11 heavy (non-hydrogen) atoms. The maximum absolute atomic E-state index is 5.70. The minimum atomic E-state index is -0.775. The third kappa shape index (κ3) is 4.14. The van der Waals surface area contributed by atoms with Crippen molar-refractivity contribution in [2.75, 3.05) is 0 Å². The molecule has 0 bridgehead atoms. The van der Waals surface area contributed by atoms with Gasteiger partial charge in [-0.05, 0) is 18.8 Å². The molecule has 1 rings (SSSR count). The molecule has 1 nitrogen and oxygen atoms in total. The maximum Gasteiger partial charge on any atom is 0.0445 e. The lowest BCUT2D eigenvalue weighted by molar-refractivity contribution is 0.287. The van der Waals surface area contributed by atoms with E-state index in [0.717, 1.165) is 5.92 Å². The van der Waals surface area contributed by atoms with Crippen molar-refractivity contribution in [1.29, 1.82) is 0 Å². The molecule has 0 aromatic rings. The van der Waals surface area contributed by atoms with Gasteiger partial charge in [-0.1, -0.05) is 25.7 Å². The van der Waals surface area contributed by atoms with Crippen molar-refractivity contribution in [2.24, 2.45) is 11.7 Å². The zero-order valence-electron chi connectivity index (χ0n) is 7.76. The van der Waals surface area contributed by atoms with E-state index in [1.807, 2.05) is 0 Å². The van der Waals surface area contributed by atoms with Gasteiger partial charge in [-0.2, -0.15) is 0 Å². The predicted molar refractivity (Wildman–Crippen MR) is 56.1 cm³/mol. The first-order chi connectivity index (χ1) is 4.47. The van der Waals surface area contributed by atoms with Crippen LogP contribution in [0.5, 0.6) is 0 Å². The Balaban J connectivity index is 0.000001000. The van der Waals surface area contributed by atoms with Gasteiger partial charge >= 0.3 is 0 Å². The van der Waals surface area contributed by atoms with E-state index in [1.165, 1.54) is 18.9 Å². The van der Waals surface area contributed by atoms with E-state index in [-0.39, 0.29) is 12.4 Å². The lowest BCUT2D eigenvalue weighted by Crippen LogP contribution is -2.39. The smallest absolute Gasteiger partial charge is 0.0445 e. The Labute approximate surface area is 77.2 Å². The summed E-state index contributed by atoms with van der Waals surface area (Å²) in [6.07, 6.45) is 2.59. The van der Waals surface area contributed by atoms with Gasteiger partial charge in [0.15, 0.2) is 0 Å². The molecule has 1 aliphatic rings. The molecule has 1 aliphatic carbocycles. The monoisotopic (exact) mass is 193 g/mol. The Hall–Kier alpha value is 0.467. The second-order valence-corrected chi connectivity index (χ2v) is 10.4. The standard InChI is InChI=1S/C8H19NSi.ClH/c1-10(2,3)6-7-4-8(9)5-7;/h7-8H,4-6,9H2,1-3H3;1H. The Morgan fingerprint density at radius 1 is 1.27 bits per heavy atom. The Kier molecular flexibility index (Phi) is 4.09. The summed E-state index contributed by atoms with van der Waals surface area (Å²) in [5.74, 6) is 0.988. The molecule has 0 radical (unpaired) electrons. The van der Waals surface area contributed by atoms with E-state index in [0.29, 0.717) is 6.04 Å². The van der Waals surface area contributed by atoms with Crippen molar-refractivity contribution in [3.63, 3.8) is 0 Å². The lowest BCUT2D eigenvalue weighted by atomic mass is 9.82. The zero-order valence-corrected chi connectivity index (χ0v) is 9.58. The van der Waals surface area contributed by atoms with Crippen LogP contribution < -0.4 is 5.73 Å². The molecule has 0 aromatic carbocycles. The first kappa shape index (κ1) is 11.5. The molecule has 0 spiro atoms. The molecule has 1 fully saturated rings. The van der Waals surface area contributed by atoms with Crippen LogP contribution >= 0.6 is 12.4 Å². The highest BCUT2D eigenvalue weighted by atomic mass is 35.5. The van der Waals surface area contributed by atoms with Gasteiger partial charge in [0.1, 0.15) is 0 Å².